The molecule has 0 spiro atoms. The second-order valence-corrected chi connectivity index (χ2v) is 6.09. The van der Waals surface area contributed by atoms with Crippen molar-refractivity contribution in [1.82, 2.24) is 4.90 Å². The minimum absolute atomic E-state index is 0.315. The maximum atomic E-state index is 12.5. The Hall–Kier alpha value is -1.31. The van der Waals surface area contributed by atoms with Crippen molar-refractivity contribution < 1.29 is 4.79 Å². The van der Waals surface area contributed by atoms with Gasteiger partial charge in [0.15, 0.2) is 0 Å². The molecule has 1 saturated carbocycles. The van der Waals surface area contributed by atoms with Crippen molar-refractivity contribution in [2.24, 2.45) is 5.92 Å². The third-order valence-corrected chi connectivity index (χ3v) is 4.39. The summed E-state index contributed by atoms with van der Waals surface area (Å²) in [7, 11) is 0. The fourth-order valence-corrected chi connectivity index (χ4v) is 3.16. The quantitative estimate of drug-likeness (QED) is 0.788. The molecule has 2 fully saturated rings. The van der Waals surface area contributed by atoms with Crippen LogP contribution in [0.4, 0.5) is 0 Å². The molecular formula is C17H23NO. The normalized spacial score (nSPS) is 24.1. The number of amides is 1. The van der Waals surface area contributed by atoms with Crippen molar-refractivity contribution in [3.05, 3.63) is 35.4 Å². The van der Waals surface area contributed by atoms with Gasteiger partial charge in [0.1, 0.15) is 0 Å². The van der Waals surface area contributed by atoms with Gasteiger partial charge in [0, 0.05) is 12.5 Å². The molecule has 0 bridgehead atoms. The standard InChI is InChI=1S/C17H23NO/c1-13-6-5-7-15(12-13)16-8-3-2-4-11-18(16)17(19)14-9-10-14/h5-7,12,14,16H,2-4,8-11H2,1H3. The van der Waals surface area contributed by atoms with E-state index in [0.29, 0.717) is 17.9 Å². The predicted octanol–water partition coefficient (Wildman–Crippen LogP) is 3.85. The second kappa shape index (κ2) is 5.36. The smallest absolute Gasteiger partial charge is 0.226 e. The van der Waals surface area contributed by atoms with E-state index in [1.54, 1.807) is 0 Å². The molecule has 0 radical (unpaired) electrons. The van der Waals surface area contributed by atoms with Gasteiger partial charge in [0.25, 0.3) is 0 Å². The molecule has 1 heterocycles. The van der Waals surface area contributed by atoms with Crippen molar-refractivity contribution in [2.45, 2.75) is 51.5 Å². The Labute approximate surface area is 115 Å². The highest BCUT2D eigenvalue weighted by molar-refractivity contribution is 5.81. The summed E-state index contributed by atoms with van der Waals surface area (Å²) < 4.78 is 0. The number of benzene rings is 1. The molecule has 1 unspecified atom stereocenters. The van der Waals surface area contributed by atoms with E-state index in [1.807, 2.05) is 0 Å². The predicted molar refractivity (Wildman–Crippen MR) is 76.8 cm³/mol. The van der Waals surface area contributed by atoms with Crippen LogP contribution in [0.25, 0.3) is 0 Å². The monoisotopic (exact) mass is 257 g/mol. The Balaban J connectivity index is 1.87. The average Bonchev–Trinajstić information content (AvgIpc) is 3.24. The van der Waals surface area contributed by atoms with Gasteiger partial charge in [-0.2, -0.15) is 0 Å². The van der Waals surface area contributed by atoms with Crippen molar-refractivity contribution in [3.8, 4) is 0 Å². The lowest BCUT2D eigenvalue weighted by molar-refractivity contribution is -0.135. The van der Waals surface area contributed by atoms with Gasteiger partial charge < -0.3 is 4.90 Å². The van der Waals surface area contributed by atoms with Crippen molar-refractivity contribution in [3.63, 3.8) is 0 Å². The van der Waals surface area contributed by atoms with Crippen LogP contribution in [-0.2, 0) is 4.79 Å². The maximum Gasteiger partial charge on any atom is 0.226 e. The number of likely N-dealkylation sites (tertiary alicyclic amines) is 1. The van der Waals surface area contributed by atoms with E-state index >= 15 is 0 Å². The number of carbonyl (C=O) groups is 1. The van der Waals surface area contributed by atoms with Gasteiger partial charge in [-0.1, -0.05) is 42.7 Å². The van der Waals surface area contributed by atoms with E-state index in [0.717, 1.165) is 25.8 Å². The minimum atomic E-state index is 0.315. The molecule has 2 nitrogen and oxygen atoms in total. The van der Waals surface area contributed by atoms with Crippen molar-refractivity contribution >= 4 is 5.91 Å². The summed E-state index contributed by atoms with van der Waals surface area (Å²) in [5, 5.41) is 0. The van der Waals surface area contributed by atoms with E-state index in [1.165, 1.54) is 30.4 Å². The molecule has 3 rings (SSSR count). The Kier molecular flexibility index (Phi) is 3.58. The molecule has 102 valence electrons. The van der Waals surface area contributed by atoms with Gasteiger partial charge >= 0.3 is 0 Å². The van der Waals surface area contributed by atoms with Gasteiger partial charge in [-0.15, -0.1) is 0 Å². The van der Waals surface area contributed by atoms with Crippen LogP contribution in [0.5, 0.6) is 0 Å². The van der Waals surface area contributed by atoms with Crippen LogP contribution < -0.4 is 0 Å². The molecular weight excluding hydrogens is 234 g/mol. The number of rotatable bonds is 2. The highest BCUT2D eigenvalue weighted by Gasteiger charge is 2.37. The number of nitrogens with zero attached hydrogens (tertiary/aromatic N) is 1. The summed E-state index contributed by atoms with van der Waals surface area (Å²) in [6.07, 6.45) is 7.01. The van der Waals surface area contributed by atoms with E-state index in [2.05, 4.69) is 36.1 Å². The van der Waals surface area contributed by atoms with E-state index in [-0.39, 0.29) is 0 Å². The molecule has 1 atom stereocenters. The third kappa shape index (κ3) is 2.83. The molecule has 1 aromatic carbocycles. The molecule has 0 aromatic heterocycles. The number of hydrogen-bond donors (Lipinski definition) is 0. The van der Waals surface area contributed by atoms with Gasteiger partial charge in [-0.3, -0.25) is 4.79 Å². The number of aryl methyl sites for hydroxylation is 1. The molecule has 1 saturated heterocycles. The minimum Gasteiger partial charge on any atom is -0.335 e. The van der Waals surface area contributed by atoms with Gasteiger partial charge in [-0.05, 0) is 38.2 Å². The summed E-state index contributed by atoms with van der Waals surface area (Å²) in [6, 6.07) is 9.01. The van der Waals surface area contributed by atoms with Crippen molar-refractivity contribution in [2.75, 3.05) is 6.54 Å². The van der Waals surface area contributed by atoms with Crippen LogP contribution in [0, 0.1) is 12.8 Å². The van der Waals surface area contributed by atoms with Crippen molar-refractivity contribution in [1.29, 1.82) is 0 Å². The first-order valence-corrected chi connectivity index (χ1v) is 7.63. The summed E-state index contributed by atoms with van der Waals surface area (Å²) in [5.41, 5.74) is 2.62. The lowest BCUT2D eigenvalue weighted by Gasteiger charge is -2.31. The van der Waals surface area contributed by atoms with E-state index in [9.17, 15) is 4.79 Å². The first-order valence-electron chi connectivity index (χ1n) is 7.63. The van der Waals surface area contributed by atoms with E-state index in [4.69, 9.17) is 0 Å². The summed E-state index contributed by atoms with van der Waals surface area (Å²) >= 11 is 0. The third-order valence-electron chi connectivity index (χ3n) is 4.39. The first kappa shape index (κ1) is 12.7. The Morgan fingerprint density at radius 1 is 1.16 bits per heavy atom. The summed E-state index contributed by atoms with van der Waals surface area (Å²) in [4.78, 5) is 14.7. The Morgan fingerprint density at radius 2 is 2.00 bits per heavy atom. The van der Waals surface area contributed by atoms with Crippen LogP contribution in [0.3, 0.4) is 0 Å². The highest BCUT2D eigenvalue weighted by Crippen LogP contribution is 2.37. The largest absolute Gasteiger partial charge is 0.335 e. The van der Waals surface area contributed by atoms with Crippen LogP contribution in [-0.4, -0.2) is 17.4 Å². The van der Waals surface area contributed by atoms with Crippen LogP contribution in [0.2, 0.25) is 0 Å². The zero-order valence-corrected chi connectivity index (χ0v) is 11.8. The molecule has 2 aliphatic rings. The van der Waals surface area contributed by atoms with Crippen LogP contribution >= 0.6 is 0 Å². The van der Waals surface area contributed by atoms with Gasteiger partial charge in [0.2, 0.25) is 5.91 Å². The number of carbonyl (C=O) groups excluding carboxylic acids is 1. The second-order valence-electron chi connectivity index (χ2n) is 6.09. The molecule has 1 amide bonds. The van der Waals surface area contributed by atoms with Gasteiger partial charge in [-0.25, -0.2) is 0 Å². The molecule has 1 aliphatic carbocycles. The fourth-order valence-electron chi connectivity index (χ4n) is 3.16. The van der Waals surface area contributed by atoms with Crippen LogP contribution in [0.1, 0.15) is 55.7 Å². The molecule has 1 aliphatic heterocycles. The zero-order valence-electron chi connectivity index (χ0n) is 11.8. The zero-order chi connectivity index (χ0) is 13.2. The Bertz CT molecular complexity index is 464. The average molecular weight is 257 g/mol. The Morgan fingerprint density at radius 3 is 2.74 bits per heavy atom. The van der Waals surface area contributed by atoms with E-state index < -0.39 is 0 Å². The lowest BCUT2D eigenvalue weighted by atomic mass is 9.99. The topological polar surface area (TPSA) is 20.3 Å². The lowest BCUT2D eigenvalue weighted by Crippen LogP contribution is -2.35. The fraction of sp³-hybridized carbons (Fsp3) is 0.588. The number of hydrogen-bond acceptors (Lipinski definition) is 1. The molecule has 0 N–H and O–H groups in total. The molecule has 19 heavy (non-hydrogen) atoms. The van der Waals surface area contributed by atoms with Crippen LogP contribution in [0.15, 0.2) is 24.3 Å². The summed E-state index contributed by atoms with van der Waals surface area (Å²) in [6.45, 7) is 3.08. The maximum absolute atomic E-state index is 12.5. The van der Waals surface area contributed by atoms with Gasteiger partial charge in [0.05, 0.1) is 6.04 Å². The molecule has 2 heteroatoms. The SMILES string of the molecule is Cc1cccc(C2CCCCCN2C(=O)C2CC2)c1. The first-order chi connectivity index (χ1) is 9.25. The highest BCUT2D eigenvalue weighted by atomic mass is 16.2. The summed E-state index contributed by atoms with van der Waals surface area (Å²) in [5.74, 6) is 0.749. The molecule has 1 aromatic rings.